The van der Waals surface area contributed by atoms with Crippen LogP contribution in [0.3, 0.4) is 0 Å². The third kappa shape index (κ3) is 6.85. The second-order valence-corrected chi connectivity index (χ2v) is 9.08. The number of anilines is 3. The lowest BCUT2D eigenvalue weighted by Crippen LogP contribution is -2.19. The summed E-state index contributed by atoms with van der Waals surface area (Å²) < 4.78 is 13.5. The molecule has 0 aromatic heterocycles. The molecule has 0 saturated carbocycles. The highest BCUT2D eigenvalue weighted by Crippen LogP contribution is 2.37. The van der Waals surface area contributed by atoms with Gasteiger partial charge in [-0.05, 0) is 60.2 Å². The molecule has 0 fully saturated rings. The Kier molecular flexibility index (Phi) is 8.03. The number of amides is 3. The molecule has 8 heteroatoms. The summed E-state index contributed by atoms with van der Waals surface area (Å²) in [6, 6.07) is 29.4. The number of carbonyl (C=O) groups is 2. The lowest BCUT2D eigenvalue weighted by molar-refractivity contribution is -0.115. The van der Waals surface area contributed by atoms with Crippen molar-refractivity contribution >= 4 is 52.4 Å². The molecule has 0 radical (unpaired) electrons. The summed E-state index contributed by atoms with van der Waals surface area (Å²) in [6.45, 7) is 0. The van der Waals surface area contributed by atoms with Crippen molar-refractivity contribution in [3.8, 4) is 0 Å². The molecule has 1 atom stereocenters. The molecular weight excluding hydrogens is 485 g/mol. The molecule has 3 amide bonds. The molecule has 0 saturated heterocycles. The normalized spacial score (nSPS) is 11.4. The number of hydrogen-bond donors (Lipinski definition) is 3. The lowest BCUT2D eigenvalue weighted by Gasteiger charge is -2.17. The van der Waals surface area contributed by atoms with Gasteiger partial charge in [-0.1, -0.05) is 60.1 Å². The van der Waals surface area contributed by atoms with Gasteiger partial charge in [-0.3, -0.25) is 4.79 Å². The van der Waals surface area contributed by atoms with Gasteiger partial charge in [-0.2, -0.15) is 0 Å². The standard InChI is InChI=1S/C27H21ClFN3O2S/c28-23-17-21(13-16-24(23)29)30-26(33)25(18-7-3-1-4-8-18)35-22-14-11-20(12-15-22)32-27(34)31-19-9-5-2-6-10-19/h1-17,25H,(H,30,33)(H2,31,32,34). The minimum atomic E-state index is -0.569. The summed E-state index contributed by atoms with van der Waals surface area (Å²) in [5.74, 6) is -0.821. The number of rotatable bonds is 7. The van der Waals surface area contributed by atoms with E-state index in [4.69, 9.17) is 11.6 Å². The summed E-state index contributed by atoms with van der Waals surface area (Å²) >= 11 is 7.21. The number of carbonyl (C=O) groups excluding carboxylic acids is 2. The van der Waals surface area contributed by atoms with Crippen LogP contribution in [0.15, 0.2) is 108 Å². The highest BCUT2D eigenvalue weighted by Gasteiger charge is 2.22. The van der Waals surface area contributed by atoms with Gasteiger partial charge in [0.2, 0.25) is 5.91 Å². The number of urea groups is 1. The van der Waals surface area contributed by atoms with Crippen molar-refractivity contribution in [2.24, 2.45) is 0 Å². The van der Waals surface area contributed by atoms with Crippen LogP contribution in [0.2, 0.25) is 5.02 Å². The van der Waals surface area contributed by atoms with Crippen molar-refractivity contribution in [2.45, 2.75) is 10.1 Å². The van der Waals surface area contributed by atoms with Crippen molar-refractivity contribution in [2.75, 3.05) is 16.0 Å². The molecule has 4 aromatic carbocycles. The fraction of sp³-hybridized carbons (Fsp3) is 0.0370. The van der Waals surface area contributed by atoms with E-state index in [0.717, 1.165) is 10.5 Å². The summed E-state index contributed by atoms with van der Waals surface area (Å²) in [5.41, 5.74) is 2.53. The zero-order valence-corrected chi connectivity index (χ0v) is 19.9. The summed E-state index contributed by atoms with van der Waals surface area (Å²) in [4.78, 5) is 26.2. The summed E-state index contributed by atoms with van der Waals surface area (Å²) in [6.07, 6.45) is 0. The zero-order valence-electron chi connectivity index (χ0n) is 18.4. The van der Waals surface area contributed by atoms with Crippen LogP contribution in [-0.4, -0.2) is 11.9 Å². The predicted octanol–water partition coefficient (Wildman–Crippen LogP) is 7.60. The average Bonchev–Trinajstić information content (AvgIpc) is 2.87. The van der Waals surface area contributed by atoms with Crippen LogP contribution >= 0.6 is 23.4 Å². The second kappa shape index (κ2) is 11.6. The zero-order chi connectivity index (χ0) is 24.6. The molecule has 0 bridgehead atoms. The van der Waals surface area contributed by atoms with E-state index in [1.165, 1.54) is 30.0 Å². The second-order valence-electron chi connectivity index (χ2n) is 7.50. The molecule has 0 spiro atoms. The largest absolute Gasteiger partial charge is 0.325 e. The Morgan fingerprint density at radius 2 is 1.29 bits per heavy atom. The fourth-order valence-corrected chi connectivity index (χ4v) is 4.46. The minimum Gasteiger partial charge on any atom is -0.325 e. The molecule has 1 unspecified atom stereocenters. The maximum Gasteiger partial charge on any atom is 0.323 e. The van der Waals surface area contributed by atoms with Gasteiger partial charge in [0.05, 0.1) is 5.02 Å². The van der Waals surface area contributed by atoms with Crippen LogP contribution in [-0.2, 0) is 4.79 Å². The Morgan fingerprint density at radius 3 is 1.91 bits per heavy atom. The van der Waals surface area contributed by atoms with E-state index in [-0.39, 0.29) is 17.0 Å². The highest BCUT2D eigenvalue weighted by molar-refractivity contribution is 8.00. The first-order valence-electron chi connectivity index (χ1n) is 10.7. The Hall–Kier alpha value is -3.81. The number of para-hydroxylation sites is 1. The number of halogens is 2. The van der Waals surface area contributed by atoms with Crippen LogP contribution in [0, 0.1) is 5.82 Å². The molecule has 0 aliphatic carbocycles. The van der Waals surface area contributed by atoms with E-state index in [0.29, 0.717) is 17.1 Å². The molecular formula is C27H21ClFN3O2S. The van der Waals surface area contributed by atoms with Crippen molar-refractivity contribution in [3.63, 3.8) is 0 Å². The first-order valence-corrected chi connectivity index (χ1v) is 11.9. The quantitative estimate of drug-likeness (QED) is 0.226. The van der Waals surface area contributed by atoms with E-state index >= 15 is 0 Å². The van der Waals surface area contributed by atoms with Gasteiger partial charge in [0.25, 0.3) is 0 Å². The predicted molar refractivity (Wildman–Crippen MR) is 141 cm³/mol. The molecule has 4 rings (SSSR count). The van der Waals surface area contributed by atoms with Crippen molar-refractivity contribution in [3.05, 3.63) is 120 Å². The first kappa shape index (κ1) is 24.3. The van der Waals surface area contributed by atoms with Gasteiger partial charge in [0, 0.05) is 22.0 Å². The molecule has 0 aliphatic rings. The van der Waals surface area contributed by atoms with Gasteiger partial charge in [-0.15, -0.1) is 11.8 Å². The Balaban J connectivity index is 1.45. The van der Waals surface area contributed by atoms with Crippen LogP contribution in [0.1, 0.15) is 10.8 Å². The molecule has 3 N–H and O–H groups in total. The molecule has 0 aliphatic heterocycles. The highest BCUT2D eigenvalue weighted by atomic mass is 35.5. The maximum absolute atomic E-state index is 13.5. The summed E-state index contributed by atoms with van der Waals surface area (Å²) in [7, 11) is 0. The van der Waals surface area contributed by atoms with Crippen molar-refractivity contribution in [1.29, 1.82) is 0 Å². The van der Waals surface area contributed by atoms with Gasteiger partial charge in [0.1, 0.15) is 11.1 Å². The molecule has 0 heterocycles. The fourth-order valence-electron chi connectivity index (χ4n) is 3.25. The third-order valence-electron chi connectivity index (χ3n) is 4.93. The monoisotopic (exact) mass is 505 g/mol. The van der Waals surface area contributed by atoms with Crippen molar-refractivity contribution < 1.29 is 14.0 Å². The number of thioether (sulfide) groups is 1. The third-order valence-corrected chi connectivity index (χ3v) is 6.48. The van der Waals surface area contributed by atoms with Crippen LogP contribution < -0.4 is 16.0 Å². The Bertz CT molecular complexity index is 1310. The lowest BCUT2D eigenvalue weighted by atomic mass is 10.1. The number of nitrogens with one attached hydrogen (secondary N) is 3. The first-order chi connectivity index (χ1) is 17.0. The van der Waals surface area contributed by atoms with Crippen LogP contribution in [0.25, 0.3) is 0 Å². The van der Waals surface area contributed by atoms with Crippen molar-refractivity contribution in [1.82, 2.24) is 0 Å². The Morgan fingerprint density at radius 1 is 0.714 bits per heavy atom. The molecule has 35 heavy (non-hydrogen) atoms. The number of benzene rings is 4. The minimum absolute atomic E-state index is 0.0638. The van der Waals surface area contributed by atoms with Gasteiger partial charge < -0.3 is 16.0 Å². The van der Waals surface area contributed by atoms with E-state index in [1.54, 1.807) is 24.3 Å². The van der Waals surface area contributed by atoms with E-state index < -0.39 is 11.1 Å². The van der Waals surface area contributed by atoms with Crippen LogP contribution in [0.4, 0.5) is 26.2 Å². The van der Waals surface area contributed by atoms with E-state index in [2.05, 4.69) is 16.0 Å². The van der Waals surface area contributed by atoms with E-state index in [1.807, 2.05) is 60.7 Å². The van der Waals surface area contributed by atoms with Gasteiger partial charge >= 0.3 is 6.03 Å². The Labute approximate surface area is 211 Å². The van der Waals surface area contributed by atoms with Gasteiger partial charge in [-0.25, -0.2) is 9.18 Å². The number of hydrogen-bond acceptors (Lipinski definition) is 3. The van der Waals surface area contributed by atoms with Crippen LogP contribution in [0.5, 0.6) is 0 Å². The smallest absolute Gasteiger partial charge is 0.323 e. The van der Waals surface area contributed by atoms with Gasteiger partial charge in [0.15, 0.2) is 0 Å². The average molecular weight is 506 g/mol. The van der Waals surface area contributed by atoms with E-state index in [9.17, 15) is 14.0 Å². The topological polar surface area (TPSA) is 70.2 Å². The molecule has 176 valence electrons. The maximum atomic E-state index is 13.5. The summed E-state index contributed by atoms with van der Waals surface area (Å²) in [5, 5.41) is 7.73. The molecule has 5 nitrogen and oxygen atoms in total. The molecule has 4 aromatic rings. The SMILES string of the molecule is O=C(Nc1ccccc1)Nc1ccc(SC(C(=O)Nc2ccc(F)c(Cl)c2)c2ccccc2)cc1.